The Kier molecular flexibility index (Phi) is 7.86. The van der Waals surface area contributed by atoms with Gasteiger partial charge in [0.25, 0.3) is 0 Å². The van der Waals surface area contributed by atoms with Crippen LogP contribution in [-0.4, -0.2) is 32.0 Å². The lowest BCUT2D eigenvalue weighted by atomic mass is 9.95. The van der Waals surface area contributed by atoms with E-state index in [1.165, 1.54) is 44.9 Å². The summed E-state index contributed by atoms with van der Waals surface area (Å²) in [6.45, 7) is 0.466. The maximum absolute atomic E-state index is 12.9. The van der Waals surface area contributed by atoms with Crippen LogP contribution in [0.15, 0.2) is 70.2 Å². The Morgan fingerprint density at radius 3 is 2.35 bits per heavy atom. The number of sulfonamides is 1. The van der Waals surface area contributed by atoms with Crippen molar-refractivity contribution < 1.29 is 12.8 Å². The number of hydrogen-bond donors (Lipinski definition) is 2. The minimum atomic E-state index is -3.58. The lowest BCUT2D eigenvalue weighted by Gasteiger charge is -2.14. The molecule has 1 saturated carbocycles. The number of benzene rings is 2. The smallest absolute Gasteiger partial charge is 0.240 e. The summed E-state index contributed by atoms with van der Waals surface area (Å²) in [5, 5.41) is 3.91. The van der Waals surface area contributed by atoms with Gasteiger partial charge in [-0.15, -0.1) is 0 Å². The van der Waals surface area contributed by atoms with E-state index in [2.05, 4.69) is 20.0 Å². The first-order valence-corrected chi connectivity index (χ1v) is 14.7. The zero-order valence-corrected chi connectivity index (χ0v) is 22.1. The standard InChI is InChI=1S/C29H34N4O3S/c1-30-28-26-25(22-13-7-4-8-14-22)27(36-29(26)32-20-31-28)23-15-17-24(18-16-23)37(34,35)33-19-9-12-21-10-5-2-3-6-11-21/h4,7-8,13-18,20-21,33H,2-3,5-6,9-12,19H2,1H3,(H,30,31,32). The maximum Gasteiger partial charge on any atom is 0.240 e. The topological polar surface area (TPSA) is 97.1 Å². The van der Waals surface area contributed by atoms with Crippen LogP contribution in [0.25, 0.3) is 33.6 Å². The second kappa shape index (κ2) is 11.4. The lowest BCUT2D eigenvalue weighted by Crippen LogP contribution is -2.25. The molecule has 5 rings (SSSR count). The second-order valence-corrected chi connectivity index (χ2v) is 11.5. The predicted molar refractivity (Wildman–Crippen MR) is 148 cm³/mol. The van der Waals surface area contributed by atoms with Gasteiger partial charge < -0.3 is 9.73 Å². The van der Waals surface area contributed by atoms with Gasteiger partial charge in [-0.05, 0) is 48.6 Å². The Hall–Kier alpha value is -3.23. The molecule has 1 aliphatic carbocycles. The molecule has 0 aliphatic heterocycles. The summed E-state index contributed by atoms with van der Waals surface area (Å²) in [5.74, 6) is 2.03. The predicted octanol–water partition coefficient (Wildman–Crippen LogP) is 6.63. The third-order valence-electron chi connectivity index (χ3n) is 7.27. The molecule has 2 N–H and O–H groups in total. The van der Waals surface area contributed by atoms with Gasteiger partial charge in [0.15, 0.2) is 0 Å². The summed E-state index contributed by atoms with van der Waals surface area (Å²) in [6.07, 6.45) is 11.3. The van der Waals surface area contributed by atoms with Gasteiger partial charge in [-0.1, -0.05) is 68.9 Å². The second-order valence-electron chi connectivity index (χ2n) is 9.75. The van der Waals surface area contributed by atoms with Crippen molar-refractivity contribution >= 4 is 26.9 Å². The van der Waals surface area contributed by atoms with Crippen LogP contribution in [0.1, 0.15) is 51.4 Å². The van der Waals surface area contributed by atoms with Crippen LogP contribution in [0.5, 0.6) is 0 Å². The van der Waals surface area contributed by atoms with Crippen LogP contribution in [0.3, 0.4) is 0 Å². The molecule has 4 aromatic rings. The van der Waals surface area contributed by atoms with Gasteiger partial charge in [0.1, 0.15) is 17.9 Å². The van der Waals surface area contributed by atoms with Crippen molar-refractivity contribution in [2.24, 2.45) is 5.92 Å². The lowest BCUT2D eigenvalue weighted by molar-refractivity contribution is 0.415. The first-order chi connectivity index (χ1) is 18.1. The Labute approximate surface area is 218 Å². The fourth-order valence-corrected chi connectivity index (χ4v) is 6.40. The summed E-state index contributed by atoms with van der Waals surface area (Å²) < 4.78 is 34.9. The third-order valence-corrected chi connectivity index (χ3v) is 8.75. The molecule has 0 unspecified atom stereocenters. The Morgan fingerprint density at radius 2 is 1.65 bits per heavy atom. The normalized spacial score (nSPS) is 15.1. The summed E-state index contributed by atoms with van der Waals surface area (Å²) >= 11 is 0. The monoisotopic (exact) mass is 518 g/mol. The average molecular weight is 519 g/mol. The quantitative estimate of drug-likeness (QED) is 0.191. The van der Waals surface area contributed by atoms with Crippen molar-refractivity contribution in [3.05, 3.63) is 60.9 Å². The molecule has 2 aromatic heterocycles. The minimum Gasteiger partial charge on any atom is -0.437 e. The molecule has 37 heavy (non-hydrogen) atoms. The molecule has 194 valence electrons. The van der Waals surface area contributed by atoms with Gasteiger partial charge in [-0.25, -0.2) is 23.1 Å². The van der Waals surface area contributed by atoms with Crippen molar-refractivity contribution in [2.45, 2.75) is 56.3 Å². The average Bonchev–Trinajstić information content (AvgIpc) is 3.13. The highest BCUT2D eigenvalue weighted by atomic mass is 32.2. The van der Waals surface area contributed by atoms with Gasteiger partial charge in [0.2, 0.25) is 15.7 Å². The Bertz CT molecular complexity index is 1430. The van der Waals surface area contributed by atoms with Crippen LogP contribution in [-0.2, 0) is 10.0 Å². The number of fused-ring (bicyclic) bond motifs is 1. The molecule has 8 heteroatoms. The van der Waals surface area contributed by atoms with E-state index >= 15 is 0 Å². The number of hydrogen-bond acceptors (Lipinski definition) is 6. The van der Waals surface area contributed by atoms with E-state index in [0.717, 1.165) is 40.8 Å². The van der Waals surface area contributed by atoms with Crippen LogP contribution < -0.4 is 10.0 Å². The first-order valence-electron chi connectivity index (χ1n) is 13.2. The largest absolute Gasteiger partial charge is 0.437 e. The first kappa shape index (κ1) is 25.4. The highest BCUT2D eigenvalue weighted by Gasteiger charge is 2.22. The Balaban J connectivity index is 1.36. The summed E-state index contributed by atoms with van der Waals surface area (Å²) in [4.78, 5) is 8.95. The SMILES string of the molecule is CNc1ncnc2oc(-c3ccc(S(=O)(=O)NCCCC4CCCCCC4)cc3)c(-c3ccccc3)c12. The molecule has 0 atom stereocenters. The van der Waals surface area contributed by atoms with Crippen molar-refractivity contribution in [2.75, 3.05) is 18.9 Å². The number of nitrogens with zero attached hydrogens (tertiary/aromatic N) is 2. The molecule has 2 heterocycles. The summed E-state index contributed by atoms with van der Waals surface area (Å²) in [5.41, 5.74) is 3.08. The van der Waals surface area contributed by atoms with Crippen molar-refractivity contribution in [1.82, 2.24) is 14.7 Å². The number of aromatic nitrogens is 2. The summed E-state index contributed by atoms with van der Waals surface area (Å²) in [6, 6.07) is 16.8. The van der Waals surface area contributed by atoms with Gasteiger partial charge in [-0.2, -0.15) is 0 Å². The Morgan fingerprint density at radius 1 is 0.919 bits per heavy atom. The van der Waals surface area contributed by atoms with E-state index in [1.54, 1.807) is 24.3 Å². The molecule has 0 radical (unpaired) electrons. The van der Waals surface area contributed by atoms with Crippen molar-refractivity contribution in [3.8, 4) is 22.5 Å². The van der Waals surface area contributed by atoms with Gasteiger partial charge in [-0.3, -0.25) is 0 Å². The molecule has 0 bridgehead atoms. The number of rotatable bonds is 9. The molecule has 1 aliphatic rings. The van der Waals surface area contributed by atoms with Crippen LogP contribution >= 0.6 is 0 Å². The van der Waals surface area contributed by atoms with E-state index < -0.39 is 10.0 Å². The van der Waals surface area contributed by atoms with E-state index in [1.807, 2.05) is 37.4 Å². The molecule has 0 spiro atoms. The van der Waals surface area contributed by atoms with Crippen LogP contribution in [0.2, 0.25) is 0 Å². The zero-order valence-electron chi connectivity index (χ0n) is 21.2. The zero-order chi connectivity index (χ0) is 25.7. The molecule has 0 saturated heterocycles. The van der Waals surface area contributed by atoms with Crippen molar-refractivity contribution in [3.63, 3.8) is 0 Å². The number of furan rings is 1. The van der Waals surface area contributed by atoms with E-state index in [0.29, 0.717) is 23.8 Å². The molecule has 1 fully saturated rings. The van der Waals surface area contributed by atoms with Crippen molar-refractivity contribution in [1.29, 1.82) is 0 Å². The van der Waals surface area contributed by atoms with Gasteiger partial charge in [0, 0.05) is 24.7 Å². The summed E-state index contributed by atoms with van der Waals surface area (Å²) in [7, 11) is -1.77. The van der Waals surface area contributed by atoms with Gasteiger partial charge in [0.05, 0.1) is 10.3 Å². The highest BCUT2D eigenvalue weighted by molar-refractivity contribution is 7.89. The minimum absolute atomic E-state index is 0.249. The number of anilines is 1. The molecule has 2 aromatic carbocycles. The van der Waals surface area contributed by atoms with Gasteiger partial charge >= 0.3 is 0 Å². The fraction of sp³-hybridized carbons (Fsp3) is 0.379. The third kappa shape index (κ3) is 5.70. The van der Waals surface area contributed by atoms with Crippen LogP contribution in [0, 0.1) is 5.92 Å². The molecular formula is C29H34N4O3S. The maximum atomic E-state index is 12.9. The highest BCUT2D eigenvalue weighted by Crippen LogP contribution is 2.42. The molecular weight excluding hydrogens is 484 g/mol. The fourth-order valence-electron chi connectivity index (χ4n) is 5.33. The van der Waals surface area contributed by atoms with E-state index in [9.17, 15) is 8.42 Å². The van der Waals surface area contributed by atoms with Crippen LogP contribution in [0.4, 0.5) is 5.82 Å². The molecule has 7 nitrogen and oxygen atoms in total. The number of nitrogens with one attached hydrogen (secondary N) is 2. The van der Waals surface area contributed by atoms with E-state index in [4.69, 9.17) is 4.42 Å². The van der Waals surface area contributed by atoms with E-state index in [-0.39, 0.29) is 4.90 Å². The molecule has 0 amide bonds.